The molecule has 0 unspecified atom stereocenters. The molecule has 0 amide bonds. The van der Waals surface area contributed by atoms with Gasteiger partial charge in [0.25, 0.3) is 0 Å². The molecule has 0 spiro atoms. The number of aromatic amines is 1. The topological polar surface area (TPSA) is 22.3 Å². The van der Waals surface area contributed by atoms with E-state index in [0.717, 1.165) is 48.9 Å². The minimum atomic E-state index is 0.735. The summed E-state index contributed by atoms with van der Waals surface area (Å²) in [4.78, 5) is 8.08. The Morgan fingerprint density at radius 1 is 0.889 bits per heavy atom. The average molecular weight is 376 g/mol. The minimum Gasteiger partial charge on any atom is -0.368 e. The van der Waals surface area contributed by atoms with Crippen molar-refractivity contribution >= 4 is 17.3 Å². The number of rotatable bonds is 3. The Balaban J connectivity index is 1.37. The SMILES string of the molecule is Clc1ccc(C#Cc2cccc(CN3CCN(c4cc[nH]c4)CC3)c2)cc1. The molecule has 0 radical (unpaired) electrons. The van der Waals surface area contributed by atoms with Gasteiger partial charge in [-0.05, 0) is 48.0 Å². The smallest absolute Gasteiger partial charge is 0.0544 e. The lowest BCUT2D eigenvalue weighted by Gasteiger charge is -2.35. The molecule has 136 valence electrons. The second-order valence-electron chi connectivity index (χ2n) is 6.79. The summed E-state index contributed by atoms with van der Waals surface area (Å²) in [7, 11) is 0. The number of H-pyrrole nitrogens is 1. The van der Waals surface area contributed by atoms with E-state index in [9.17, 15) is 0 Å². The number of aromatic nitrogens is 1. The third-order valence-electron chi connectivity index (χ3n) is 4.85. The first-order valence-corrected chi connectivity index (χ1v) is 9.61. The summed E-state index contributed by atoms with van der Waals surface area (Å²) in [5.41, 5.74) is 4.63. The van der Waals surface area contributed by atoms with Crippen molar-refractivity contribution in [1.82, 2.24) is 9.88 Å². The Bertz CT molecular complexity index is 928. The van der Waals surface area contributed by atoms with Gasteiger partial charge in [0, 0.05) is 61.3 Å². The number of nitrogens with one attached hydrogen (secondary N) is 1. The maximum Gasteiger partial charge on any atom is 0.0544 e. The number of benzene rings is 2. The molecule has 1 saturated heterocycles. The molecule has 0 atom stereocenters. The third kappa shape index (κ3) is 4.74. The van der Waals surface area contributed by atoms with Crippen LogP contribution in [0.25, 0.3) is 0 Å². The molecule has 0 bridgehead atoms. The normalized spacial score (nSPS) is 14.6. The van der Waals surface area contributed by atoms with E-state index < -0.39 is 0 Å². The predicted octanol–water partition coefficient (Wildman–Crippen LogP) is 4.39. The molecule has 1 N–H and O–H groups in total. The standard InChI is InChI=1S/C23H22ClN3/c24-22-8-6-19(7-9-22)4-5-20-2-1-3-21(16-20)18-26-12-14-27(15-13-26)23-10-11-25-17-23/h1-3,6-11,16-17,25H,12-15,18H2. The van der Waals surface area contributed by atoms with Crippen LogP contribution in [0.2, 0.25) is 5.02 Å². The Morgan fingerprint density at radius 3 is 2.41 bits per heavy atom. The highest BCUT2D eigenvalue weighted by Gasteiger charge is 2.17. The molecule has 0 saturated carbocycles. The van der Waals surface area contributed by atoms with Crippen molar-refractivity contribution in [2.75, 3.05) is 31.1 Å². The van der Waals surface area contributed by atoms with Crippen LogP contribution >= 0.6 is 11.6 Å². The molecular weight excluding hydrogens is 354 g/mol. The molecule has 27 heavy (non-hydrogen) atoms. The number of halogens is 1. The lowest BCUT2D eigenvalue weighted by atomic mass is 10.1. The van der Waals surface area contributed by atoms with Gasteiger partial charge < -0.3 is 9.88 Å². The highest BCUT2D eigenvalue weighted by Crippen LogP contribution is 2.17. The highest BCUT2D eigenvalue weighted by atomic mass is 35.5. The molecule has 4 heteroatoms. The molecule has 1 aromatic heterocycles. The van der Waals surface area contributed by atoms with Crippen LogP contribution in [0.15, 0.2) is 67.0 Å². The van der Waals surface area contributed by atoms with E-state index in [1.54, 1.807) is 0 Å². The summed E-state index contributed by atoms with van der Waals surface area (Å²) in [6.07, 6.45) is 4.05. The highest BCUT2D eigenvalue weighted by molar-refractivity contribution is 6.30. The number of hydrogen-bond acceptors (Lipinski definition) is 2. The van der Waals surface area contributed by atoms with Crippen LogP contribution in [0.4, 0.5) is 5.69 Å². The maximum atomic E-state index is 5.92. The quantitative estimate of drug-likeness (QED) is 0.686. The fourth-order valence-electron chi connectivity index (χ4n) is 3.36. The monoisotopic (exact) mass is 375 g/mol. The largest absolute Gasteiger partial charge is 0.368 e. The van der Waals surface area contributed by atoms with Gasteiger partial charge in [-0.3, -0.25) is 4.90 Å². The zero-order valence-corrected chi connectivity index (χ0v) is 15.9. The minimum absolute atomic E-state index is 0.735. The van der Waals surface area contributed by atoms with Crippen LogP contribution in [0.1, 0.15) is 16.7 Å². The molecule has 1 aliphatic rings. The van der Waals surface area contributed by atoms with Gasteiger partial charge in [-0.25, -0.2) is 0 Å². The van der Waals surface area contributed by atoms with Crippen LogP contribution in [0.3, 0.4) is 0 Å². The van der Waals surface area contributed by atoms with Crippen LogP contribution < -0.4 is 4.90 Å². The van der Waals surface area contributed by atoms with E-state index in [0.29, 0.717) is 0 Å². The molecule has 2 heterocycles. The molecule has 0 aliphatic carbocycles. The zero-order valence-electron chi connectivity index (χ0n) is 15.2. The van der Waals surface area contributed by atoms with Crippen LogP contribution in [-0.2, 0) is 6.54 Å². The van der Waals surface area contributed by atoms with Crippen molar-refractivity contribution in [2.45, 2.75) is 6.54 Å². The Hall–Kier alpha value is -2.67. The summed E-state index contributed by atoms with van der Waals surface area (Å²) in [6.45, 7) is 5.25. The van der Waals surface area contributed by atoms with Crippen molar-refractivity contribution in [2.24, 2.45) is 0 Å². The number of nitrogens with zero attached hydrogens (tertiary/aromatic N) is 2. The summed E-state index contributed by atoms with van der Waals surface area (Å²) < 4.78 is 0. The molecule has 2 aromatic carbocycles. The lowest BCUT2D eigenvalue weighted by molar-refractivity contribution is 0.250. The van der Waals surface area contributed by atoms with E-state index in [1.165, 1.54) is 11.3 Å². The van der Waals surface area contributed by atoms with E-state index in [1.807, 2.05) is 30.5 Å². The van der Waals surface area contributed by atoms with Gasteiger partial charge in [0.05, 0.1) is 5.69 Å². The molecule has 1 aliphatic heterocycles. The number of anilines is 1. The van der Waals surface area contributed by atoms with Gasteiger partial charge >= 0.3 is 0 Å². The van der Waals surface area contributed by atoms with Gasteiger partial charge in [-0.1, -0.05) is 35.6 Å². The predicted molar refractivity (Wildman–Crippen MR) is 112 cm³/mol. The first kappa shape index (κ1) is 17.7. The van der Waals surface area contributed by atoms with E-state index in [-0.39, 0.29) is 0 Å². The molecule has 4 rings (SSSR count). The first-order valence-electron chi connectivity index (χ1n) is 9.23. The summed E-state index contributed by atoms with van der Waals surface area (Å²) in [5, 5.41) is 0.735. The van der Waals surface area contributed by atoms with Gasteiger partial charge in [0.1, 0.15) is 0 Å². The maximum absolute atomic E-state index is 5.92. The molecule has 3 nitrogen and oxygen atoms in total. The van der Waals surface area contributed by atoms with Crippen LogP contribution in [0, 0.1) is 11.8 Å². The lowest BCUT2D eigenvalue weighted by Crippen LogP contribution is -2.45. The fraction of sp³-hybridized carbons (Fsp3) is 0.217. The van der Waals surface area contributed by atoms with Gasteiger partial charge in [-0.2, -0.15) is 0 Å². The van der Waals surface area contributed by atoms with Crippen molar-refractivity contribution in [3.8, 4) is 11.8 Å². The van der Waals surface area contributed by atoms with E-state index in [4.69, 9.17) is 11.6 Å². The molecular formula is C23H22ClN3. The second kappa shape index (κ2) is 8.35. The summed E-state index contributed by atoms with van der Waals surface area (Å²) in [6, 6.07) is 18.3. The van der Waals surface area contributed by atoms with Crippen molar-refractivity contribution < 1.29 is 0 Å². The number of piperazine rings is 1. The van der Waals surface area contributed by atoms with Crippen molar-refractivity contribution in [3.05, 3.63) is 88.7 Å². The number of hydrogen-bond donors (Lipinski definition) is 1. The zero-order chi connectivity index (χ0) is 18.5. The van der Waals surface area contributed by atoms with E-state index >= 15 is 0 Å². The third-order valence-corrected chi connectivity index (χ3v) is 5.10. The Morgan fingerprint density at radius 2 is 1.67 bits per heavy atom. The van der Waals surface area contributed by atoms with Crippen LogP contribution in [-0.4, -0.2) is 36.1 Å². The van der Waals surface area contributed by atoms with Gasteiger partial charge in [0.15, 0.2) is 0 Å². The molecule has 3 aromatic rings. The Labute approximate surface area is 165 Å². The summed E-state index contributed by atoms with van der Waals surface area (Å²) >= 11 is 5.92. The average Bonchev–Trinajstić information content (AvgIpc) is 3.23. The van der Waals surface area contributed by atoms with Gasteiger partial charge in [-0.15, -0.1) is 0 Å². The first-order chi connectivity index (χ1) is 13.3. The van der Waals surface area contributed by atoms with Gasteiger partial charge in [0.2, 0.25) is 0 Å². The van der Waals surface area contributed by atoms with Crippen molar-refractivity contribution in [1.29, 1.82) is 0 Å². The second-order valence-corrected chi connectivity index (χ2v) is 7.23. The Kier molecular flexibility index (Phi) is 5.48. The van der Waals surface area contributed by atoms with Crippen LogP contribution in [0.5, 0.6) is 0 Å². The van der Waals surface area contributed by atoms with E-state index in [2.05, 4.69) is 63.2 Å². The summed E-state index contributed by atoms with van der Waals surface area (Å²) in [5.74, 6) is 6.47. The molecule has 1 fully saturated rings. The fourth-order valence-corrected chi connectivity index (χ4v) is 3.49. The van der Waals surface area contributed by atoms with Crippen molar-refractivity contribution in [3.63, 3.8) is 0 Å².